The number of benzene rings is 1. The van der Waals surface area contributed by atoms with Crippen molar-refractivity contribution in [2.75, 3.05) is 0 Å². The molecule has 2 rings (SSSR count). The second kappa shape index (κ2) is 5.76. The molecule has 1 saturated carbocycles. The lowest BCUT2D eigenvalue weighted by atomic mass is 9.98. The Bertz CT molecular complexity index is 509. The van der Waals surface area contributed by atoms with Gasteiger partial charge in [0.15, 0.2) is 23.3 Å². The zero-order valence-corrected chi connectivity index (χ0v) is 10.3. The van der Waals surface area contributed by atoms with Gasteiger partial charge in [-0.05, 0) is 25.7 Å². The second-order valence-corrected chi connectivity index (χ2v) is 4.61. The molecule has 0 bridgehead atoms. The third-order valence-electron chi connectivity index (χ3n) is 3.24. The number of hydrogen-bond donors (Lipinski definition) is 0. The first-order valence-electron chi connectivity index (χ1n) is 6.16. The number of esters is 1. The number of carbonyl (C=O) groups is 1. The predicted molar refractivity (Wildman–Crippen MR) is 58.5 cm³/mol. The molecular formula is C13H11F5O2. The lowest BCUT2D eigenvalue weighted by Crippen LogP contribution is -2.23. The lowest BCUT2D eigenvalue weighted by molar-refractivity contribution is 0.0197. The van der Waals surface area contributed by atoms with Crippen molar-refractivity contribution in [2.24, 2.45) is 0 Å². The number of hydrogen-bond acceptors (Lipinski definition) is 2. The summed E-state index contributed by atoms with van der Waals surface area (Å²) in [6.07, 6.45) is 3.01. The Hall–Kier alpha value is -1.66. The van der Waals surface area contributed by atoms with Gasteiger partial charge in [-0.25, -0.2) is 26.7 Å². The average molecular weight is 294 g/mol. The highest BCUT2D eigenvalue weighted by molar-refractivity contribution is 5.90. The largest absolute Gasteiger partial charge is 0.459 e. The highest BCUT2D eigenvalue weighted by Gasteiger charge is 2.32. The van der Waals surface area contributed by atoms with Gasteiger partial charge in [-0.1, -0.05) is 6.42 Å². The number of halogens is 5. The van der Waals surface area contributed by atoms with Crippen molar-refractivity contribution < 1.29 is 31.5 Å². The molecule has 1 aliphatic rings. The van der Waals surface area contributed by atoms with E-state index in [0.29, 0.717) is 12.8 Å². The van der Waals surface area contributed by atoms with Crippen molar-refractivity contribution in [3.8, 4) is 0 Å². The Morgan fingerprint density at radius 2 is 1.25 bits per heavy atom. The fraction of sp³-hybridized carbons (Fsp3) is 0.462. The van der Waals surface area contributed by atoms with Crippen molar-refractivity contribution in [2.45, 2.75) is 38.2 Å². The van der Waals surface area contributed by atoms with Gasteiger partial charge >= 0.3 is 5.97 Å². The van der Waals surface area contributed by atoms with Crippen molar-refractivity contribution in [3.63, 3.8) is 0 Å². The molecule has 1 fully saturated rings. The standard InChI is InChI=1S/C13H11F5O2/c14-8-7(9(15)11(17)12(18)10(8)16)13(19)20-6-4-2-1-3-5-6/h6H,1-5H2. The molecule has 0 amide bonds. The summed E-state index contributed by atoms with van der Waals surface area (Å²) in [5.41, 5.74) is -1.54. The molecule has 1 aliphatic carbocycles. The van der Waals surface area contributed by atoms with E-state index in [9.17, 15) is 26.7 Å². The van der Waals surface area contributed by atoms with E-state index < -0.39 is 46.7 Å². The van der Waals surface area contributed by atoms with Crippen molar-refractivity contribution in [3.05, 3.63) is 34.6 Å². The molecule has 0 radical (unpaired) electrons. The van der Waals surface area contributed by atoms with Gasteiger partial charge in [0.25, 0.3) is 0 Å². The predicted octanol–water partition coefficient (Wildman–Crippen LogP) is 3.87. The van der Waals surface area contributed by atoms with E-state index in [0.717, 1.165) is 19.3 Å². The highest BCUT2D eigenvalue weighted by atomic mass is 19.2. The molecule has 7 heteroatoms. The molecule has 0 spiro atoms. The number of ether oxygens (including phenoxy) is 1. The van der Waals surface area contributed by atoms with Crippen LogP contribution in [0.5, 0.6) is 0 Å². The van der Waals surface area contributed by atoms with Gasteiger partial charge in [0, 0.05) is 0 Å². The van der Waals surface area contributed by atoms with E-state index in [-0.39, 0.29) is 0 Å². The van der Waals surface area contributed by atoms with Crippen LogP contribution in [0.3, 0.4) is 0 Å². The van der Waals surface area contributed by atoms with E-state index in [1.165, 1.54) is 0 Å². The normalized spacial score (nSPS) is 16.2. The average Bonchev–Trinajstić information content (AvgIpc) is 2.44. The SMILES string of the molecule is O=C(OC1CCCCC1)c1c(F)c(F)c(F)c(F)c1F. The van der Waals surface area contributed by atoms with Crippen LogP contribution in [0.1, 0.15) is 42.5 Å². The first-order valence-corrected chi connectivity index (χ1v) is 6.16. The summed E-state index contributed by atoms with van der Waals surface area (Å²) in [4.78, 5) is 11.6. The molecule has 0 aromatic heterocycles. The van der Waals surface area contributed by atoms with E-state index in [4.69, 9.17) is 4.74 Å². The van der Waals surface area contributed by atoms with Crippen molar-refractivity contribution in [1.82, 2.24) is 0 Å². The molecule has 0 saturated heterocycles. The van der Waals surface area contributed by atoms with Gasteiger partial charge in [0.2, 0.25) is 5.82 Å². The van der Waals surface area contributed by atoms with Crippen molar-refractivity contribution >= 4 is 5.97 Å². The molecular weight excluding hydrogens is 283 g/mol. The quantitative estimate of drug-likeness (QED) is 0.358. The third-order valence-corrected chi connectivity index (χ3v) is 3.24. The summed E-state index contributed by atoms with van der Waals surface area (Å²) in [5.74, 6) is -12.5. The molecule has 1 aromatic carbocycles. The Kier molecular flexibility index (Phi) is 4.25. The van der Waals surface area contributed by atoms with Crippen LogP contribution in [0.25, 0.3) is 0 Å². The van der Waals surface area contributed by atoms with Crippen LogP contribution < -0.4 is 0 Å². The van der Waals surface area contributed by atoms with E-state index in [2.05, 4.69) is 0 Å². The Morgan fingerprint density at radius 1 is 0.800 bits per heavy atom. The van der Waals surface area contributed by atoms with Gasteiger partial charge in [-0.3, -0.25) is 0 Å². The molecule has 0 aliphatic heterocycles. The molecule has 2 nitrogen and oxygen atoms in total. The van der Waals surface area contributed by atoms with E-state index >= 15 is 0 Å². The van der Waals surface area contributed by atoms with Gasteiger partial charge in [0.05, 0.1) is 0 Å². The Labute approximate surface area is 111 Å². The van der Waals surface area contributed by atoms with Crippen LogP contribution in [0.15, 0.2) is 0 Å². The summed E-state index contributed by atoms with van der Waals surface area (Å²) < 4.78 is 70.4. The minimum atomic E-state index is -2.30. The zero-order valence-electron chi connectivity index (χ0n) is 10.3. The van der Waals surface area contributed by atoms with Crippen LogP contribution in [-0.2, 0) is 4.74 Å². The van der Waals surface area contributed by atoms with Gasteiger partial charge in [-0.15, -0.1) is 0 Å². The summed E-state index contributed by atoms with van der Waals surface area (Å²) >= 11 is 0. The first kappa shape index (κ1) is 14.7. The summed E-state index contributed by atoms with van der Waals surface area (Å²) in [7, 11) is 0. The maximum atomic E-state index is 13.4. The maximum Gasteiger partial charge on any atom is 0.344 e. The first-order chi connectivity index (χ1) is 9.43. The van der Waals surface area contributed by atoms with Crippen LogP contribution in [0.2, 0.25) is 0 Å². The fourth-order valence-corrected chi connectivity index (χ4v) is 2.18. The molecule has 20 heavy (non-hydrogen) atoms. The highest BCUT2D eigenvalue weighted by Crippen LogP contribution is 2.26. The summed E-state index contributed by atoms with van der Waals surface area (Å²) in [5, 5.41) is 0. The maximum absolute atomic E-state index is 13.4. The van der Waals surface area contributed by atoms with E-state index in [1.54, 1.807) is 0 Å². The molecule has 1 aromatic rings. The molecule has 0 N–H and O–H groups in total. The van der Waals surface area contributed by atoms with Crippen LogP contribution in [0, 0.1) is 29.1 Å². The minimum Gasteiger partial charge on any atom is -0.459 e. The molecule has 0 unspecified atom stereocenters. The molecule has 0 heterocycles. The van der Waals surface area contributed by atoms with Crippen LogP contribution in [-0.4, -0.2) is 12.1 Å². The zero-order chi connectivity index (χ0) is 14.9. The van der Waals surface area contributed by atoms with Gasteiger partial charge < -0.3 is 4.74 Å². The smallest absolute Gasteiger partial charge is 0.344 e. The van der Waals surface area contributed by atoms with E-state index in [1.807, 2.05) is 0 Å². The number of rotatable bonds is 2. The lowest BCUT2D eigenvalue weighted by Gasteiger charge is -2.22. The second-order valence-electron chi connectivity index (χ2n) is 4.61. The Morgan fingerprint density at radius 3 is 1.75 bits per heavy atom. The molecule has 110 valence electrons. The topological polar surface area (TPSA) is 26.3 Å². The number of carbonyl (C=O) groups excluding carboxylic acids is 1. The Balaban J connectivity index is 2.30. The minimum absolute atomic E-state index is 0.515. The monoisotopic (exact) mass is 294 g/mol. The summed E-state index contributed by atoms with van der Waals surface area (Å²) in [6, 6.07) is 0. The third kappa shape index (κ3) is 2.62. The summed E-state index contributed by atoms with van der Waals surface area (Å²) in [6.45, 7) is 0. The molecule has 0 atom stereocenters. The van der Waals surface area contributed by atoms with Crippen LogP contribution >= 0.6 is 0 Å². The van der Waals surface area contributed by atoms with Gasteiger partial charge in [0.1, 0.15) is 11.7 Å². The fourth-order valence-electron chi connectivity index (χ4n) is 2.18. The van der Waals surface area contributed by atoms with Crippen molar-refractivity contribution in [1.29, 1.82) is 0 Å². The van der Waals surface area contributed by atoms with Gasteiger partial charge in [-0.2, -0.15) is 0 Å². The van der Waals surface area contributed by atoms with Crippen LogP contribution in [0.4, 0.5) is 22.0 Å².